The smallest absolute Gasteiger partial charge is 0.0483 e. The lowest BCUT2D eigenvalue weighted by Crippen LogP contribution is -2.17. The Labute approximate surface area is 116 Å². The minimum Gasteiger partial charge on any atom is -0.347 e. The summed E-state index contributed by atoms with van der Waals surface area (Å²) in [6.07, 6.45) is 5.72. The Kier molecular flexibility index (Phi) is 4.65. The molecular formula is C17H26N2. The highest BCUT2D eigenvalue weighted by Gasteiger charge is 2.07. The number of aromatic nitrogens is 1. The molecule has 2 rings (SSSR count). The molecule has 0 saturated heterocycles. The van der Waals surface area contributed by atoms with Crippen LogP contribution in [0.15, 0.2) is 30.5 Å². The van der Waals surface area contributed by atoms with Crippen LogP contribution in [0.4, 0.5) is 0 Å². The number of rotatable bonds is 6. The van der Waals surface area contributed by atoms with E-state index in [1.165, 1.54) is 29.3 Å². The van der Waals surface area contributed by atoms with Gasteiger partial charge in [0.2, 0.25) is 0 Å². The largest absolute Gasteiger partial charge is 0.347 e. The van der Waals surface area contributed by atoms with Crippen molar-refractivity contribution in [2.75, 3.05) is 0 Å². The van der Waals surface area contributed by atoms with Crippen LogP contribution < -0.4 is 5.73 Å². The van der Waals surface area contributed by atoms with Gasteiger partial charge < -0.3 is 10.3 Å². The lowest BCUT2D eigenvalue weighted by Gasteiger charge is -2.13. The van der Waals surface area contributed by atoms with E-state index in [1.807, 2.05) is 0 Å². The van der Waals surface area contributed by atoms with Gasteiger partial charge in [-0.05, 0) is 48.8 Å². The summed E-state index contributed by atoms with van der Waals surface area (Å²) >= 11 is 0. The summed E-state index contributed by atoms with van der Waals surface area (Å²) in [7, 11) is 0. The molecule has 2 unspecified atom stereocenters. The fourth-order valence-electron chi connectivity index (χ4n) is 2.81. The van der Waals surface area contributed by atoms with E-state index < -0.39 is 0 Å². The molecule has 2 heteroatoms. The summed E-state index contributed by atoms with van der Waals surface area (Å²) in [4.78, 5) is 0. The van der Waals surface area contributed by atoms with Crippen LogP contribution in [-0.4, -0.2) is 10.6 Å². The molecule has 0 fully saturated rings. The molecule has 0 radical (unpaired) electrons. The van der Waals surface area contributed by atoms with Crippen LogP contribution in [0, 0.1) is 5.92 Å². The standard InChI is InChI=1S/C17H26N2/c1-4-5-13(2)12-19-9-8-16-7-6-15(10-14(3)18)11-17(16)19/h6-9,11,13-14H,4-5,10,12,18H2,1-3H3. The quantitative estimate of drug-likeness (QED) is 0.835. The minimum absolute atomic E-state index is 0.222. The van der Waals surface area contributed by atoms with Crippen molar-refractivity contribution in [2.45, 2.75) is 52.6 Å². The van der Waals surface area contributed by atoms with E-state index in [4.69, 9.17) is 5.73 Å². The number of benzene rings is 1. The zero-order valence-electron chi connectivity index (χ0n) is 12.4. The molecule has 1 heterocycles. The zero-order chi connectivity index (χ0) is 13.8. The predicted molar refractivity (Wildman–Crippen MR) is 83.4 cm³/mol. The summed E-state index contributed by atoms with van der Waals surface area (Å²) in [5.74, 6) is 0.734. The summed E-state index contributed by atoms with van der Waals surface area (Å²) in [5, 5.41) is 1.33. The summed E-state index contributed by atoms with van der Waals surface area (Å²) < 4.78 is 2.39. The van der Waals surface area contributed by atoms with Gasteiger partial charge in [-0.1, -0.05) is 32.4 Å². The van der Waals surface area contributed by atoms with Crippen molar-refractivity contribution < 1.29 is 0 Å². The molecule has 1 aromatic carbocycles. The minimum atomic E-state index is 0.222. The van der Waals surface area contributed by atoms with Gasteiger partial charge >= 0.3 is 0 Å². The molecule has 2 atom stereocenters. The van der Waals surface area contributed by atoms with Gasteiger partial charge in [-0.15, -0.1) is 0 Å². The third-order valence-corrected chi connectivity index (χ3v) is 3.69. The first-order valence-corrected chi connectivity index (χ1v) is 7.43. The Hall–Kier alpha value is -1.28. The van der Waals surface area contributed by atoms with Crippen LogP contribution in [0.25, 0.3) is 10.9 Å². The highest BCUT2D eigenvalue weighted by Crippen LogP contribution is 2.20. The van der Waals surface area contributed by atoms with Crippen LogP contribution in [-0.2, 0) is 13.0 Å². The van der Waals surface area contributed by atoms with E-state index in [-0.39, 0.29) is 6.04 Å². The van der Waals surface area contributed by atoms with Crippen LogP contribution in [0.1, 0.15) is 39.2 Å². The fraction of sp³-hybridized carbons (Fsp3) is 0.529. The maximum absolute atomic E-state index is 5.90. The summed E-state index contributed by atoms with van der Waals surface area (Å²) in [6.45, 7) is 7.76. The highest BCUT2D eigenvalue weighted by atomic mass is 15.0. The van der Waals surface area contributed by atoms with Gasteiger partial charge in [-0.2, -0.15) is 0 Å². The average Bonchev–Trinajstić information content (AvgIpc) is 2.71. The maximum Gasteiger partial charge on any atom is 0.0483 e. The van der Waals surface area contributed by atoms with Gasteiger partial charge in [0.15, 0.2) is 0 Å². The Balaban J connectivity index is 2.24. The molecule has 0 bridgehead atoms. The summed E-state index contributed by atoms with van der Waals surface area (Å²) in [5.41, 5.74) is 8.58. The maximum atomic E-state index is 5.90. The van der Waals surface area contributed by atoms with Crippen molar-refractivity contribution in [3.63, 3.8) is 0 Å². The van der Waals surface area contributed by atoms with Gasteiger partial charge in [0.1, 0.15) is 0 Å². The second-order valence-electron chi connectivity index (χ2n) is 5.94. The Morgan fingerprint density at radius 2 is 2.00 bits per heavy atom. The normalized spacial score (nSPS) is 14.7. The SMILES string of the molecule is CCCC(C)Cn1ccc2ccc(CC(C)N)cc21. The van der Waals surface area contributed by atoms with E-state index in [0.717, 1.165) is 18.9 Å². The number of fused-ring (bicyclic) bond motifs is 1. The molecule has 0 saturated carbocycles. The van der Waals surface area contributed by atoms with Gasteiger partial charge in [0.05, 0.1) is 0 Å². The summed E-state index contributed by atoms with van der Waals surface area (Å²) in [6, 6.07) is 9.15. The Morgan fingerprint density at radius 3 is 2.68 bits per heavy atom. The molecule has 0 spiro atoms. The first-order valence-electron chi connectivity index (χ1n) is 7.43. The van der Waals surface area contributed by atoms with Crippen LogP contribution in [0.5, 0.6) is 0 Å². The van der Waals surface area contributed by atoms with Crippen molar-refractivity contribution >= 4 is 10.9 Å². The van der Waals surface area contributed by atoms with E-state index in [0.29, 0.717) is 0 Å². The lowest BCUT2D eigenvalue weighted by molar-refractivity contribution is 0.453. The molecule has 2 nitrogen and oxygen atoms in total. The van der Waals surface area contributed by atoms with Crippen LogP contribution in [0.2, 0.25) is 0 Å². The third kappa shape index (κ3) is 3.60. The van der Waals surface area contributed by atoms with Gasteiger partial charge in [-0.25, -0.2) is 0 Å². The average molecular weight is 258 g/mol. The molecule has 0 aliphatic carbocycles. The fourth-order valence-corrected chi connectivity index (χ4v) is 2.81. The van der Waals surface area contributed by atoms with E-state index in [1.54, 1.807) is 0 Å². The van der Waals surface area contributed by atoms with Crippen molar-refractivity contribution in [1.29, 1.82) is 0 Å². The Morgan fingerprint density at radius 1 is 1.21 bits per heavy atom. The number of hydrogen-bond acceptors (Lipinski definition) is 1. The molecule has 2 aromatic rings. The topological polar surface area (TPSA) is 30.9 Å². The second kappa shape index (κ2) is 6.25. The van der Waals surface area contributed by atoms with Crippen molar-refractivity contribution in [3.05, 3.63) is 36.0 Å². The molecule has 0 aliphatic rings. The molecule has 0 aliphatic heterocycles. The molecule has 0 amide bonds. The first-order chi connectivity index (χ1) is 9.10. The van der Waals surface area contributed by atoms with Crippen molar-refractivity contribution in [1.82, 2.24) is 4.57 Å². The first kappa shape index (κ1) is 14.1. The van der Waals surface area contributed by atoms with E-state index in [9.17, 15) is 0 Å². The molecule has 1 aromatic heterocycles. The van der Waals surface area contributed by atoms with Crippen molar-refractivity contribution in [3.8, 4) is 0 Å². The van der Waals surface area contributed by atoms with Crippen LogP contribution in [0.3, 0.4) is 0 Å². The van der Waals surface area contributed by atoms with E-state index in [2.05, 4.69) is 55.8 Å². The van der Waals surface area contributed by atoms with Crippen LogP contribution >= 0.6 is 0 Å². The third-order valence-electron chi connectivity index (χ3n) is 3.69. The lowest BCUT2D eigenvalue weighted by atomic mass is 10.1. The predicted octanol–water partition coefficient (Wildman–Crippen LogP) is 3.97. The highest BCUT2D eigenvalue weighted by molar-refractivity contribution is 5.80. The zero-order valence-corrected chi connectivity index (χ0v) is 12.4. The monoisotopic (exact) mass is 258 g/mol. The number of nitrogens with zero attached hydrogens (tertiary/aromatic N) is 1. The van der Waals surface area contributed by atoms with Gasteiger partial charge in [-0.3, -0.25) is 0 Å². The molecule has 2 N–H and O–H groups in total. The van der Waals surface area contributed by atoms with E-state index >= 15 is 0 Å². The number of hydrogen-bond donors (Lipinski definition) is 1. The second-order valence-corrected chi connectivity index (χ2v) is 5.94. The van der Waals surface area contributed by atoms with Gasteiger partial charge in [0.25, 0.3) is 0 Å². The van der Waals surface area contributed by atoms with Gasteiger partial charge in [0, 0.05) is 24.3 Å². The molecular weight excluding hydrogens is 232 g/mol. The molecule has 104 valence electrons. The Bertz CT molecular complexity index is 525. The number of nitrogens with two attached hydrogens (primary N) is 1. The molecule has 19 heavy (non-hydrogen) atoms. The van der Waals surface area contributed by atoms with Crippen molar-refractivity contribution in [2.24, 2.45) is 11.7 Å².